The van der Waals surface area contributed by atoms with E-state index >= 15 is 0 Å². The Hall–Kier alpha value is -4.24. The van der Waals surface area contributed by atoms with Crippen LogP contribution in [-0.2, 0) is 23.1 Å². The van der Waals surface area contributed by atoms with Crippen molar-refractivity contribution in [3.8, 4) is 28.1 Å². The Kier molecular flexibility index (Phi) is 8.90. The van der Waals surface area contributed by atoms with Gasteiger partial charge in [0.1, 0.15) is 5.82 Å². The fourth-order valence-electron chi connectivity index (χ4n) is 5.40. The molecule has 0 spiro atoms. The van der Waals surface area contributed by atoms with Crippen molar-refractivity contribution in [3.05, 3.63) is 136 Å². The lowest BCUT2D eigenvalue weighted by Crippen LogP contribution is -2.29. The number of unbranched alkanes of at least 4 members (excludes halogenated alkanes) is 2. The number of nitrogens with one attached hydrogen (secondary N) is 1. The van der Waals surface area contributed by atoms with E-state index in [1.54, 1.807) is 24.3 Å². The van der Waals surface area contributed by atoms with E-state index in [0.717, 1.165) is 45.1 Å². The Morgan fingerprint density at radius 2 is 1.47 bits per heavy atom. The average molecular weight is 660 g/mol. The Morgan fingerprint density at radius 1 is 0.822 bits per heavy atom. The summed E-state index contributed by atoms with van der Waals surface area (Å²) in [6.45, 7) is 2.22. The van der Waals surface area contributed by atoms with Crippen LogP contribution in [0.3, 0.4) is 0 Å². The summed E-state index contributed by atoms with van der Waals surface area (Å²) in [5.41, 5.74) is 7.38. The van der Waals surface area contributed by atoms with E-state index < -0.39 is 16.1 Å². The zero-order chi connectivity index (χ0) is 31.6. The summed E-state index contributed by atoms with van der Waals surface area (Å²) < 4.78 is 29.7. The molecule has 10 heteroatoms. The third kappa shape index (κ3) is 6.88. The Morgan fingerprint density at radius 3 is 2.07 bits per heavy atom. The number of benzene rings is 4. The number of hydrogen-bond acceptors (Lipinski definition) is 4. The normalized spacial score (nSPS) is 13.9. The molecule has 1 aromatic heterocycles. The van der Waals surface area contributed by atoms with Gasteiger partial charge in [0.25, 0.3) is 0 Å². The molecule has 0 aliphatic carbocycles. The van der Waals surface area contributed by atoms with Gasteiger partial charge < -0.3 is 9.67 Å². The second-order valence-electron chi connectivity index (χ2n) is 11.0. The number of rotatable bonds is 10. The van der Waals surface area contributed by atoms with E-state index in [4.69, 9.17) is 28.2 Å². The minimum atomic E-state index is -3.89. The van der Waals surface area contributed by atoms with E-state index in [2.05, 4.69) is 60.2 Å². The molecule has 2 N–H and O–H groups in total. The molecule has 45 heavy (non-hydrogen) atoms. The van der Waals surface area contributed by atoms with Crippen LogP contribution in [0.15, 0.2) is 109 Å². The van der Waals surface area contributed by atoms with Crippen LogP contribution in [0.25, 0.3) is 28.1 Å². The van der Waals surface area contributed by atoms with Gasteiger partial charge >= 0.3 is 10.2 Å². The van der Waals surface area contributed by atoms with Crippen LogP contribution in [0.4, 0.5) is 5.69 Å². The van der Waals surface area contributed by atoms with Gasteiger partial charge in [-0.2, -0.15) is 8.42 Å². The van der Waals surface area contributed by atoms with Crippen LogP contribution in [-0.4, -0.2) is 23.1 Å². The number of hydrogen-bond donors (Lipinski definition) is 2. The number of aliphatic hydroxyl groups excluding tert-OH is 1. The number of nitrogens with zero attached hydrogens (tertiary/aromatic N) is 3. The van der Waals surface area contributed by atoms with Crippen molar-refractivity contribution in [3.63, 3.8) is 0 Å². The molecule has 6 rings (SSSR count). The number of aryl methyl sites for hydroxylation is 1. The number of anilines is 1. The predicted octanol–water partition coefficient (Wildman–Crippen LogP) is 8.85. The van der Waals surface area contributed by atoms with Gasteiger partial charge in [-0.3, -0.25) is 0 Å². The Balaban J connectivity index is 1.29. The van der Waals surface area contributed by atoms with Gasteiger partial charge in [-0.25, -0.2) is 14.0 Å². The molecule has 0 radical (unpaired) electrons. The summed E-state index contributed by atoms with van der Waals surface area (Å²) in [4.78, 5) is 4.97. The van der Waals surface area contributed by atoms with Crippen molar-refractivity contribution in [2.24, 2.45) is 0 Å². The lowest BCUT2D eigenvalue weighted by molar-refractivity contribution is 0.392. The maximum absolute atomic E-state index is 12.3. The van der Waals surface area contributed by atoms with Crippen LogP contribution in [0.1, 0.15) is 43.1 Å². The Bertz CT molecular complexity index is 1950. The van der Waals surface area contributed by atoms with Crippen LogP contribution in [0.5, 0.6) is 0 Å². The van der Waals surface area contributed by atoms with Gasteiger partial charge in [0, 0.05) is 28.9 Å². The summed E-state index contributed by atoms with van der Waals surface area (Å²) in [6, 6.07) is 29.6. The lowest BCUT2D eigenvalue weighted by atomic mass is 10.00. The summed E-state index contributed by atoms with van der Waals surface area (Å²) in [5.74, 6) is 0.340. The first-order valence-corrected chi connectivity index (χ1v) is 16.9. The third-order valence-corrected chi connectivity index (χ3v) is 9.62. The lowest BCUT2D eigenvalue weighted by Gasteiger charge is -2.15. The van der Waals surface area contributed by atoms with E-state index in [-0.39, 0.29) is 0 Å². The number of aromatic nitrogens is 2. The van der Waals surface area contributed by atoms with Crippen LogP contribution in [0.2, 0.25) is 10.0 Å². The summed E-state index contributed by atoms with van der Waals surface area (Å²) >= 11 is 12.7. The maximum Gasteiger partial charge on any atom is 0.330 e. The van der Waals surface area contributed by atoms with Crippen molar-refractivity contribution in [1.82, 2.24) is 14.3 Å². The highest BCUT2D eigenvalue weighted by molar-refractivity contribution is 7.91. The molecule has 230 valence electrons. The standard InChI is InChI=1S/C35H32Cl2N4O3S/c1-2-3-4-5-24-6-10-26(11-7-24)27-12-8-25(9-13-27)20-34-38-33(31-19-14-28(36)21-32(31)37)22-40(34)29-15-17-30(18-16-29)41-23-35(42)39-45(41,43)44/h6-19,21-23,39,42H,2-5,20H2,1H3. The van der Waals surface area contributed by atoms with E-state index in [1.165, 1.54) is 30.4 Å². The topological polar surface area (TPSA) is 87.5 Å². The molecule has 0 fully saturated rings. The highest BCUT2D eigenvalue weighted by atomic mass is 35.5. The third-order valence-electron chi connectivity index (χ3n) is 7.77. The first kappa shape index (κ1) is 30.8. The molecule has 4 aromatic carbocycles. The minimum absolute atomic E-state index is 0.377. The van der Waals surface area contributed by atoms with Gasteiger partial charge in [-0.05, 0) is 77.6 Å². The SMILES string of the molecule is CCCCCc1ccc(-c2ccc(Cc3nc(-c4ccc(Cl)cc4Cl)cn3-c3ccc(N4C=C(O)NS4(=O)=O)cc3)cc2)cc1. The second kappa shape index (κ2) is 13.0. The van der Waals surface area contributed by atoms with E-state index in [9.17, 15) is 13.5 Å². The molecule has 7 nitrogen and oxygen atoms in total. The highest BCUT2D eigenvalue weighted by Gasteiger charge is 2.28. The molecular formula is C35H32Cl2N4O3S. The maximum atomic E-state index is 12.3. The summed E-state index contributed by atoms with van der Waals surface area (Å²) in [5, 5.41) is 10.7. The molecule has 0 saturated carbocycles. The Labute approximate surface area is 273 Å². The second-order valence-corrected chi connectivity index (χ2v) is 13.4. The van der Waals surface area contributed by atoms with Crippen molar-refractivity contribution in [2.75, 3.05) is 4.31 Å². The van der Waals surface area contributed by atoms with Crippen LogP contribution >= 0.6 is 23.2 Å². The van der Waals surface area contributed by atoms with E-state index in [1.807, 2.05) is 29.0 Å². The van der Waals surface area contributed by atoms with Gasteiger partial charge in [0.2, 0.25) is 5.88 Å². The number of halogens is 2. The van der Waals surface area contributed by atoms with Gasteiger partial charge in [0.15, 0.2) is 0 Å². The van der Waals surface area contributed by atoms with Gasteiger partial charge in [-0.1, -0.05) is 91.5 Å². The molecule has 0 unspecified atom stereocenters. The van der Waals surface area contributed by atoms with Crippen LogP contribution in [0, 0.1) is 0 Å². The van der Waals surface area contributed by atoms with Crippen molar-refractivity contribution >= 4 is 39.1 Å². The largest absolute Gasteiger partial charge is 0.493 e. The van der Waals surface area contributed by atoms with Gasteiger partial charge in [0.05, 0.1) is 22.6 Å². The number of aliphatic hydroxyl groups is 1. The molecule has 0 atom stereocenters. The summed E-state index contributed by atoms with van der Waals surface area (Å²) in [7, 11) is -3.89. The zero-order valence-electron chi connectivity index (χ0n) is 24.6. The average Bonchev–Trinajstić information content (AvgIpc) is 3.56. The first-order chi connectivity index (χ1) is 21.7. The smallest absolute Gasteiger partial charge is 0.330 e. The molecule has 1 aliphatic rings. The quantitative estimate of drug-likeness (QED) is 0.147. The van der Waals surface area contributed by atoms with Crippen molar-refractivity contribution in [2.45, 2.75) is 39.0 Å². The monoisotopic (exact) mass is 658 g/mol. The molecule has 5 aromatic rings. The highest BCUT2D eigenvalue weighted by Crippen LogP contribution is 2.32. The van der Waals surface area contributed by atoms with Crippen molar-refractivity contribution in [1.29, 1.82) is 0 Å². The van der Waals surface area contributed by atoms with Crippen LogP contribution < -0.4 is 9.03 Å². The number of imidazole rings is 1. The summed E-state index contributed by atoms with van der Waals surface area (Å²) in [6.07, 6.45) is 8.39. The molecule has 2 heterocycles. The minimum Gasteiger partial charge on any atom is -0.493 e. The fraction of sp³-hybridized carbons (Fsp3) is 0.171. The zero-order valence-corrected chi connectivity index (χ0v) is 26.9. The van der Waals surface area contributed by atoms with E-state index in [0.29, 0.717) is 27.8 Å². The first-order valence-electron chi connectivity index (χ1n) is 14.8. The molecule has 1 aliphatic heterocycles. The van der Waals surface area contributed by atoms with Crippen molar-refractivity contribution < 1.29 is 13.5 Å². The predicted molar refractivity (Wildman–Crippen MR) is 182 cm³/mol. The van der Waals surface area contributed by atoms with Gasteiger partial charge in [-0.15, -0.1) is 0 Å². The molecule has 0 amide bonds. The molecular weight excluding hydrogens is 627 g/mol. The molecule has 0 bridgehead atoms. The molecule has 0 saturated heterocycles. The fourth-order valence-corrected chi connectivity index (χ4v) is 6.95.